The Balaban J connectivity index is 1.87. The van der Waals surface area contributed by atoms with Gasteiger partial charge in [0.1, 0.15) is 0 Å². The number of aliphatic carboxylic acids is 1. The minimum atomic E-state index is -0.835. The molecule has 21 heavy (non-hydrogen) atoms. The summed E-state index contributed by atoms with van der Waals surface area (Å²) in [5, 5.41) is 21.8. The zero-order valence-electron chi connectivity index (χ0n) is 12.1. The van der Waals surface area contributed by atoms with Crippen LogP contribution in [0, 0.1) is 19.3 Å². The summed E-state index contributed by atoms with van der Waals surface area (Å²) in [4.78, 5) is 26.8. The number of carbonyl (C=O) groups is 2. The van der Waals surface area contributed by atoms with Crippen molar-refractivity contribution in [3.63, 3.8) is 0 Å². The van der Waals surface area contributed by atoms with E-state index in [9.17, 15) is 9.59 Å². The van der Waals surface area contributed by atoms with E-state index in [2.05, 4.69) is 25.8 Å². The molecule has 8 heteroatoms. The topological polar surface area (TPSA) is 117 Å². The van der Waals surface area contributed by atoms with E-state index in [1.807, 2.05) is 0 Å². The summed E-state index contributed by atoms with van der Waals surface area (Å²) in [5.74, 6) is -0.699. The molecule has 0 spiro atoms. The smallest absolute Gasteiger partial charge is 0.321 e. The molecule has 0 radical (unpaired) electrons. The average molecular weight is 293 g/mol. The van der Waals surface area contributed by atoms with Gasteiger partial charge in [0, 0.05) is 6.54 Å². The van der Waals surface area contributed by atoms with Crippen molar-refractivity contribution in [1.82, 2.24) is 20.5 Å². The van der Waals surface area contributed by atoms with Gasteiger partial charge in [-0.05, 0) is 32.1 Å². The quantitative estimate of drug-likeness (QED) is 0.752. The van der Waals surface area contributed by atoms with E-state index >= 15 is 0 Å². The number of hydrogen-bond acceptors (Lipinski definition) is 5. The van der Waals surface area contributed by atoms with E-state index in [1.54, 1.807) is 13.8 Å². The van der Waals surface area contributed by atoms with Gasteiger partial charge in [-0.15, -0.1) is 5.10 Å². The van der Waals surface area contributed by atoms with E-state index in [0.717, 1.165) is 19.3 Å². The SMILES string of the molecule is Cc1nnc(NC(=O)NCC2(CC(=O)O)CCC2)nc1C. The predicted molar refractivity (Wildman–Crippen MR) is 74.9 cm³/mol. The van der Waals surface area contributed by atoms with Gasteiger partial charge in [-0.25, -0.2) is 9.78 Å². The lowest BCUT2D eigenvalue weighted by atomic mass is 9.66. The zero-order chi connectivity index (χ0) is 15.5. The molecule has 1 fully saturated rings. The number of rotatable bonds is 5. The second kappa shape index (κ2) is 6.02. The van der Waals surface area contributed by atoms with Crippen molar-refractivity contribution >= 4 is 17.9 Å². The molecule has 0 unspecified atom stereocenters. The highest BCUT2D eigenvalue weighted by Gasteiger charge is 2.39. The van der Waals surface area contributed by atoms with Gasteiger partial charge in [-0.2, -0.15) is 5.10 Å². The van der Waals surface area contributed by atoms with Gasteiger partial charge in [0.05, 0.1) is 17.8 Å². The average Bonchev–Trinajstić information content (AvgIpc) is 2.36. The highest BCUT2D eigenvalue weighted by atomic mass is 16.4. The number of amides is 2. The van der Waals surface area contributed by atoms with E-state index in [1.165, 1.54) is 0 Å². The first-order valence-electron chi connectivity index (χ1n) is 6.85. The van der Waals surface area contributed by atoms with Crippen LogP contribution in [0.25, 0.3) is 0 Å². The molecule has 1 aliphatic rings. The number of aryl methyl sites for hydroxylation is 2. The number of anilines is 1. The number of carbonyl (C=O) groups excluding carboxylic acids is 1. The summed E-state index contributed by atoms with van der Waals surface area (Å²) in [6.07, 6.45) is 2.72. The van der Waals surface area contributed by atoms with Gasteiger partial charge in [0.2, 0.25) is 0 Å². The summed E-state index contributed by atoms with van der Waals surface area (Å²) in [7, 11) is 0. The Morgan fingerprint density at radius 2 is 1.95 bits per heavy atom. The highest BCUT2D eigenvalue weighted by Crippen LogP contribution is 2.43. The Bertz CT molecular complexity index is 557. The number of aromatic nitrogens is 3. The summed E-state index contributed by atoms with van der Waals surface area (Å²) >= 11 is 0. The fourth-order valence-corrected chi connectivity index (χ4v) is 2.34. The molecule has 0 bridgehead atoms. The molecule has 2 amide bonds. The first-order chi connectivity index (χ1) is 9.90. The van der Waals surface area contributed by atoms with Gasteiger partial charge in [0.15, 0.2) is 0 Å². The van der Waals surface area contributed by atoms with Crippen LogP contribution in [0.3, 0.4) is 0 Å². The second-order valence-corrected chi connectivity index (χ2v) is 5.54. The Kier molecular flexibility index (Phi) is 4.35. The molecule has 114 valence electrons. The molecule has 1 aromatic heterocycles. The second-order valence-electron chi connectivity index (χ2n) is 5.54. The number of carboxylic acids is 1. The van der Waals surface area contributed by atoms with E-state index in [4.69, 9.17) is 5.11 Å². The van der Waals surface area contributed by atoms with Gasteiger partial charge < -0.3 is 10.4 Å². The Morgan fingerprint density at radius 3 is 2.48 bits per heavy atom. The third-order valence-electron chi connectivity index (χ3n) is 3.88. The predicted octanol–water partition coefficient (Wildman–Crippen LogP) is 1.25. The molecule has 1 heterocycles. The lowest BCUT2D eigenvalue weighted by Crippen LogP contribution is -2.44. The maximum absolute atomic E-state index is 11.8. The van der Waals surface area contributed by atoms with E-state index in [0.29, 0.717) is 17.9 Å². The van der Waals surface area contributed by atoms with Crippen molar-refractivity contribution in [2.24, 2.45) is 5.41 Å². The molecule has 2 rings (SSSR count). The number of urea groups is 1. The Hall–Kier alpha value is -2.25. The summed E-state index contributed by atoms with van der Waals surface area (Å²) in [5.41, 5.74) is 1.09. The molecule has 8 nitrogen and oxygen atoms in total. The van der Waals surface area contributed by atoms with Crippen LogP contribution in [-0.2, 0) is 4.79 Å². The fraction of sp³-hybridized carbons (Fsp3) is 0.615. The van der Waals surface area contributed by atoms with Crippen LogP contribution in [0.5, 0.6) is 0 Å². The van der Waals surface area contributed by atoms with E-state index in [-0.39, 0.29) is 17.8 Å². The van der Waals surface area contributed by atoms with Crippen LogP contribution in [0.15, 0.2) is 0 Å². The molecule has 1 aromatic rings. The molecule has 0 aliphatic heterocycles. The number of hydrogen-bond donors (Lipinski definition) is 3. The van der Waals surface area contributed by atoms with Crippen LogP contribution >= 0.6 is 0 Å². The monoisotopic (exact) mass is 293 g/mol. The molecular formula is C13H19N5O3. The molecule has 3 N–H and O–H groups in total. The largest absolute Gasteiger partial charge is 0.481 e. The first kappa shape index (κ1) is 15.1. The van der Waals surface area contributed by atoms with E-state index < -0.39 is 12.0 Å². The van der Waals surface area contributed by atoms with Crippen molar-refractivity contribution in [2.75, 3.05) is 11.9 Å². The van der Waals surface area contributed by atoms with Gasteiger partial charge in [-0.3, -0.25) is 10.1 Å². The van der Waals surface area contributed by atoms with Crippen molar-refractivity contribution in [3.05, 3.63) is 11.4 Å². The molecular weight excluding hydrogens is 274 g/mol. The summed E-state index contributed by atoms with van der Waals surface area (Å²) in [6, 6.07) is -0.447. The van der Waals surface area contributed by atoms with Crippen LogP contribution in [0.4, 0.5) is 10.7 Å². The van der Waals surface area contributed by atoms with Crippen LogP contribution in [-0.4, -0.2) is 38.8 Å². The Labute approximate surface area is 122 Å². The maximum Gasteiger partial charge on any atom is 0.321 e. The fourth-order valence-electron chi connectivity index (χ4n) is 2.34. The summed E-state index contributed by atoms with van der Waals surface area (Å²) < 4.78 is 0. The number of nitrogens with one attached hydrogen (secondary N) is 2. The Morgan fingerprint density at radius 1 is 1.24 bits per heavy atom. The van der Waals surface area contributed by atoms with Gasteiger partial charge in [-0.1, -0.05) is 6.42 Å². The third-order valence-corrected chi connectivity index (χ3v) is 3.88. The minimum Gasteiger partial charge on any atom is -0.481 e. The lowest BCUT2D eigenvalue weighted by molar-refractivity contribution is -0.141. The molecule has 1 saturated carbocycles. The molecule has 0 aromatic carbocycles. The third kappa shape index (κ3) is 3.87. The van der Waals surface area contributed by atoms with Crippen molar-refractivity contribution in [3.8, 4) is 0 Å². The normalized spacial score (nSPS) is 15.9. The van der Waals surface area contributed by atoms with Gasteiger partial charge >= 0.3 is 12.0 Å². The molecule has 0 saturated heterocycles. The minimum absolute atomic E-state index is 0.0783. The standard InChI is InChI=1S/C13H19N5O3/c1-8-9(2)17-18-11(15-8)16-12(21)14-7-13(4-3-5-13)6-10(19)20/h3-7H2,1-2H3,(H,19,20)(H2,14,15,16,18,21). The van der Waals surface area contributed by atoms with Crippen molar-refractivity contribution in [1.29, 1.82) is 0 Å². The van der Waals surface area contributed by atoms with Gasteiger partial charge in [0.25, 0.3) is 5.95 Å². The molecule has 0 atom stereocenters. The lowest BCUT2D eigenvalue weighted by Gasteiger charge is -2.40. The zero-order valence-corrected chi connectivity index (χ0v) is 12.1. The maximum atomic E-state index is 11.8. The highest BCUT2D eigenvalue weighted by molar-refractivity contribution is 5.87. The first-order valence-corrected chi connectivity index (χ1v) is 6.85. The van der Waals surface area contributed by atoms with Crippen LogP contribution in [0.1, 0.15) is 37.1 Å². The van der Waals surface area contributed by atoms with Crippen molar-refractivity contribution in [2.45, 2.75) is 39.5 Å². The number of nitrogens with zero attached hydrogens (tertiary/aromatic N) is 3. The molecule has 1 aliphatic carbocycles. The van der Waals surface area contributed by atoms with Crippen LogP contribution < -0.4 is 10.6 Å². The van der Waals surface area contributed by atoms with Crippen molar-refractivity contribution < 1.29 is 14.7 Å². The summed E-state index contributed by atoms with van der Waals surface area (Å²) in [6.45, 7) is 3.90. The van der Waals surface area contributed by atoms with Crippen LogP contribution in [0.2, 0.25) is 0 Å². The number of carboxylic acid groups (broad SMARTS) is 1.